The fraction of sp³-hybridized carbons (Fsp3) is 0.667. The van der Waals surface area contributed by atoms with Crippen molar-refractivity contribution in [2.75, 3.05) is 33.9 Å². The van der Waals surface area contributed by atoms with Gasteiger partial charge in [-0.25, -0.2) is 0 Å². The fourth-order valence-corrected chi connectivity index (χ4v) is 3.54. The molecule has 0 spiro atoms. The molecule has 3 rings (SSSR count). The first kappa shape index (κ1) is 17.9. The van der Waals surface area contributed by atoms with Crippen LogP contribution in [0.15, 0.2) is 12.1 Å². The predicted molar refractivity (Wildman–Crippen MR) is 93.2 cm³/mol. The molecule has 0 aliphatic carbocycles. The summed E-state index contributed by atoms with van der Waals surface area (Å²) >= 11 is 0. The molecular formula is C18H27N3O4. The fourth-order valence-electron chi connectivity index (χ4n) is 3.54. The molecule has 1 aromatic heterocycles. The molecule has 25 heavy (non-hydrogen) atoms. The molecular weight excluding hydrogens is 322 g/mol. The number of pyridine rings is 1. The first-order chi connectivity index (χ1) is 12.0. The first-order valence-corrected chi connectivity index (χ1v) is 8.77. The highest BCUT2D eigenvalue weighted by Crippen LogP contribution is 2.26. The van der Waals surface area contributed by atoms with Gasteiger partial charge in [0.1, 0.15) is 5.56 Å². The van der Waals surface area contributed by atoms with Crippen LogP contribution in [0, 0.1) is 5.92 Å². The van der Waals surface area contributed by atoms with E-state index >= 15 is 0 Å². The molecule has 7 nitrogen and oxygen atoms in total. The highest BCUT2D eigenvalue weighted by atomic mass is 16.5. The Morgan fingerprint density at radius 2 is 2.12 bits per heavy atom. The van der Waals surface area contributed by atoms with E-state index in [2.05, 4.69) is 29.0 Å². The van der Waals surface area contributed by atoms with Gasteiger partial charge in [-0.1, -0.05) is 13.8 Å². The number of carbonyl (C=O) groups excluding carboxylic acids is 1. The van der Waals surface area contributed by atoms with E-state index < -0.39 is 0 Å². The standard InChI is InChI=1S/C18H27N3O4/c1-11(2)15-9-21-8-12(7-13(21)10-25-15)19-17(22)14-5-6-16(23-3)20-18(14)24-4/h5-6,11-13,15H,7-10H2,1-4H3,(H,19,22)/t12-,13-,15-/m0/s1. The predicted octanol–water partition coefficient (Wildman–Crippen LogP) is 1.33. The highest BCUT2D eigenvalue weighted by Gasteiger charge is 2.38. The van der Waals surface area contributed by atoms with E-state index in [1.807, 2.05) is 0 Å². The second-order valence-electron chi connectivity index (χ2n) is 7.04. The summed E-state index contributed by atoms with van der Waals surface area (Å²) in [5.74, 6) is 1.03. The van der Waals surface area contributed by atoms with Crippen molar-refractivity contribution < 1.29 is 19.0 Å². The van der Waals surface area contributed by atoms with E-state index in [0.29, 0.717) is 23.4 Å². The Balaban J connectivity index is 1.63. The van der Waals surface area contributed by atoms with Gasteiger partial charge in [0.15, 0.2) is 0 Å². The summed E-state index contributed by atoms with van der Waals surface area (Å²) in [6.07, 6.45) is 1.18. The number of nitrogens with zero attached hydrogens (tertiary/aromatic N) is 2. The molecule has 0 bridgehead atoms. The van der Waals surface area contributed by atoms with E-state index in [4.69, 9.17) is 14.2 Å². The monoisotopic (exact) mass is 349 g/mol. The van der Waals surface area contributed by atoms with E-state index in [9.17, 15) is 4.79 Å². The normalized spacial score (nSPS) is 26.4. The quantitative estimate of drug-likeness (QED) is 0.864. The minimum atomic E-state index is -0.168. The van der Waals surface area contributed by atoms with Gasteiger partial charge in [0.2, 0.25) is 11.8 Å². The maximum absolute atomic E-state index is 12.6. The van der Waals surface area contributed by atoms with E-state index in [1.54, 1.807) is 12.1 Å². The number of fused-ring (bicyclic) bond motifs is 1. The average Bonchev–Trinajstić information content (AvgIpc) is 3.02. The van der Waals surface area contributed by atoms with Crippen LogP contribution >= 0.6 is 0 Å². The lowest BCUT2D eigenvalue weighted by Crippen LogP contribution is -2.48. The lowest BCUT2D eigenvalue weighted by Gasteiger charge is -2.36. The number of carbonyl (C=O) groups is 1. The topological polar surface area (TPSA) is 72.9 Å². The van der Waals surface area contributed by atoms with Crippen LogP contribution in [0.3, 0.4) is 0 Å². The minimum absolute atomic E-state index is 0.110. The Kier molecular flexibility index (Phi) is 5.44. The first-order valence-electron chi connectivity index (χ1n) is 8.77. The van der Waals surface area contributed by atoms with Crippen LogP contribution in [0.5, 0.6) is 11.8 Å². The van der Waals surface area contributed by atoms with Crippen molar-refractivity contribution in [3.63, 3.8) is 0 Å². The second-order valence-corrected chi connectivity index (χ2v) is 7.04. The zero-order chi connectivity index (χ0) is 18.0. The van der Waals surface area contributed by atoms with Crippen molar-refractivity contribution in [1.29, 1.82) is 0 Å². The van der Waals surface area contributed by atoms with Crippen LogP contribution in [0.4, 0.5) is 0 Å². The van der Waals surface area contributed by atoms with Crippen LogP contribution in [-0.4, -0.2) is 67.9 Å². The molecule has 0 unspecified atom stereocenters. The third kappa shape index (κ3) is 3.88. The zero-order valence-electron chi connectivity index (χ0n) is 15.3. The van der Waals surface area contributed by atoms with Gasteiger partial charge in [0, 0.05) is 31.2 Å². The molecule has 2 aliphatic rings. The van der Waals surface area contributed by atoms with Crippen LogP contribution < -0.4 is 14.8 Å². The van der Waals surface area contributed by atoms with Gasteiger partial charge in [-0.15, -0.1) is 0 Å². The Morgan fingerprint density at radius 1 is 1.32 bits per heavy atom. The van der Waals surface area contributed by atoms with Gasteiger partial charge in [-0.05, 0) is 18.4 Å². The summed E-state index contributed by atoms with van der Waals surface area (Å²) in [6.45, 7) is 6.90. The molecule has 1 N–H and O–H groups in total. The molecule has 7 heteroatoms. The lowest BCUT2D eigenvalue weighted by atomic mass is 10.0. The number of aromatic nitrogens is 1. The Bertz CT molecular complexity index is 622. The van der Waals surface area contributed by atoms with Crippen molar-refractivity contribution in [2.24, 2.45) is 5.92 Å². The number of rotatable bonds is 5. The van der Waals surface area contributed by atoms with E-state index in [0.717, 1.165) is 26.1 Å². The van der Waals surface area contributed by atoms with E-state index in [1.165, 1.54) is 14.2 Å². The number of hydrogen-bond donors (Lipinski definition) is 1. The molecule has 3 heterocycles. The number of hydrogen-bond acceptors (Lipinski definition) is 6. The summed E-state index contributed by atoms with van der Waals surface area (Å²) in [5.41, 5.74) is 0.421. The Morgan fingerprint density at radius 3 is 2.80 bits per heavy atom. The van der Waals surface area contributed by atoms with Crippen molar-refractivity contribution in [1.82, 2.24) is 15.2 Å². The maximum atomic E-state index is 12.6. The summed E-state index contributed by atoms with van der Waals surface area (Å²) in [5, 5.41) is 3.11. The van der Waals surface area contributed by atoms with Crippen LogP contribution in [-0.2, 0) is 4.74 Å². The minimum Gasteiger partial charge on any atom is -0.481 e. The number of nitrogens with one attached hydrogen (secondary N) is 1. The summed E-state index contributed by atoms with van der Waals surface area (Å²) in [4.78, 5) is 19.2. The smallest absolute Gasteiger partial charge is 0.257 e. The van der Waals surface area contributed by atoms with Gasteiger partial charge in [-0.3, -0.25) is 9.69 Å². The maximum Gasteiger partial charge on any atom is 0.257 e. The van der Waals surface area contributed by atoms with Crippen molar-refractivity contribution in [3.8, 4) is 11.8 Å². The Hall–Kier alpha value is -1.86. The zero-order valence-corrected chi connectivity index (χ0v) is 15.3. The van der Waals surface area contributed by atoms with Gasteiger partial charge < -0.3 is 19.5 Å². The molecule has 3 atom stereocenters. The Labute approximate surface area is 148 Å². The molecule has 138 valence electrons. The number of morpholine rings is 1. The van der Waals surface area contributed by atoms with E-state index in [-0.39, 0.29) is 23.9 Å². The van der Waals surface area contributed by atoms with Gasteiger partial charge in [0.05, 0.1) is 26.9 Å². The molecule has 1 aromatic rings. The summed E-state index contributed by atoms with van der Waals surface area (Å²) < 4.78 is 16.3. The van der Waals surface area contributed by atoms with Gasteiger partial charge in [-0.2, -0.15) is 4.98 Å². The molecule has 1 amide bonds. The summed E-state index contributed by atoms with van der Waals surface area (Å²) in [7, 11) is 3.03. The van der Waals surface area contributed by atoms with Crippen LogP contribution in [0.2, 0.25) is 0 Å². The summed E-state index contributed by atoms with van der Waals surface area (Å²) in [6, 6.07) is 3.84. The lowest BCUT2D eigenvalue weighted by molar-refractivity contribution is -0.0683. The van der Waals surface area contributed by atoms with Crippen LogP contribution in [0.25, 0.3) is 0 Å². The SMILES string of the molecule is COc1ccc(C(=O)N[C@H]2C[C@H]3CO[C@H](C(C)C)CN3C2)c(OC)n1. The number of methoxy groups -OCH3 is 2. The number of ether oxygens (including phenoxy) is 3. The highest BCUT2D eigenvalue weighted by molar-refractivity contribution is 5.96. The van der Waals surface area contributed by atoms with Crippen molar-refractivity contribution in [2.45, 2.75) is 38.5 Å². The third-order valence-electron chi connectivity index (χ3n) is 5.01. The molecule has 2 saturated heterocycles. The molecule has 2 aliphatic heterocycles. The largest absolute Gasteiger partial charge is 0.481 e. The molecule has 2 fully saturated rings. The molecule has 0 saturated carbocycles. The second kappa shape index (κ2) is 7.58. The van der Waals surface area contributed by atoms with Gasteiger partial charge >= 0.3 is 0 Å². The molecule has 0 radical (unpaired) electrons. The molecule has 0 aromatic carbocycles. The van der Waals surface area contributed by atoms with Gasteiger partial charge in [0.25, 0.3) is 5.91 Å². The average molecular weight is 349 g/mol. The van der Waals surface area contributed by atoms with Crippen LogP contribution in [0.1, 0.15) is 30.6 Å². The number of amides is 1. The van der Waals surface area contributed by atoms with Crippen molar-refractivity contribution >= 4 is 5.91 Å². The third-order valence-corrected chi connectivity index (χ3v) is 5.01. The van der Waals surface area contributed by atoms with Crippen molar-refractivity contribution in [3.05, 3.63) is 17.7 Å².